The topological polar surface area (TPSA) is 41.5 Å². The maximum absolute atomic E-state index is 12.0. The van der Waals surface area contributed by atoms with Crippen LogP contribution in [0.4, 0.5) is 0 Å². The molecular weight excluding hydrogens is 224 g/mol. The van der Waals surface area contributed by atoms with Gasteiger partial charge in [0.15, 0.2) is 0 Å². The van der Waals surface area contributed by atoms with Crippen LogP contribution in [-0.2, 0) is 4.79 Å². The summed E-state index contributed by atoms with van der Waals surface area (Å²) >= 11 is 0. The molecule has 0 aromatic carbocycles. The number of aliphatic imine (C=N–C) groups is 1. The summed E-state index contributed by atoms with van der Waals surface area (Å²) in [5.41, 5.74) is 1.79. The Bertz CT molecular complexity index is 399. The van der Waals surface area contributed by atoms with Crippen molar-refractivity contribution >= 4 is 11.7 Å². The fraction of sp³-hybridized carbons (Fsp3) is 0.467. The highest BCUT2D eigenvalue weighted by molar-refractivity contribution is 6.05. The average Bonchev–Trinajstić information content (AvgIpc) is 2.87. The highest BCUT2D eigenvalue weighted by Gasteiger charge is 2.22. The van der Waals surface area contributed by atoms with Crippen molar-refractivity contribution in [2.24, 2.45) is 10.9 Å². The summed E-state index contributed by atoms with van der Waals surface area (Å²) in [5.74, 6) is 0.798. The number of amides is 1. The van der Waals surface area contributed by atoms with E-state index in [0.717, 1.165) is 36.8 Å². The number of hydrogen-bond acceptors (Lipinski definition) is 2. The first-order valence-electron chi connectivity index (χ1n) is 6.36. The smallest absolute Gasteiger partial charge is 0.228 e. The van der Waals surface area contributed by atoms with Crippen LogP contribution in [0.3, 0.4) is 0 Å². The van der Waals surface area contributed by atoms with Crippen LogP contribution < -0.4 is 5.32 Å². The molecule has 0 aliphatic heterocycles. The molecule has 0 saturated heterocycles. The van der Waals surface area contributed by atoms with E-state index in [4.69, 9.17) is 0 Å². The second kappa shape index (κ2) is 6.94. The summed E-state index contributed by atoms with van der Waals surface area (Å²) in [7, 11) is 1.67. The molecule has 1 fully saturated rings. The molecule has 0 heterocycles. The lowest BCUT2D eigenvalue weighted by Crippen LogP contribution is -2.34. The third-order valence-corrected chi connectivity index (χ3v) is 3.22. The molecule has 0 bridgehead atoms. The van der Waals surface area contributed by atoms with E-state index in [1.165, 1.54) is 0 Å². The Balaban J connectivity index is 2.70. The maximum Gasteiger partial charge on any atom is 0.228 e. The molecule has 3 nitrogen and oxygen atoms in total. The number of nitrogens with zero attached hydrogens (tertiary/aromatic N) is 1. The Hall–Kier alpha value is -1.64. The normalized spacial score (nSPS) is 17.7. The molecule has 0 spiro atoms. The van der Waals surface area contributed by atoms with Gasteiger partial charge in [0.05, 0.1) is 0 Å². The Morgan fingerprint density at radius 2 is 2.00 bits per heavy atom. The summed E-state index contributed by atoms with van der Waals surface area (Å²) < 4.78 is 0. The first kappa shape index (κ1) is 14.4. The van der Waals surface area contributed by atoms with Gasteiger partial charge in [-0.2, -0.15) is 0 Å². The van der Waals surface area contributed by atoms with Crippen LogP contribution >= 0.6 is 0 Å². The molecule has 0 atom stereocenters. The monoisotopic (exact) mass is 246 g/mol. The van der Waals surface area contributed by atoms with Gasteiger partial charge in [0.2, 0.25) is 5.91 Å². The number of allylic oxidation sites excluding steroid dienone is 3. The molecule has 1 aliphatic rings. The summed E-state index contributed by atoms with van der Waals surface area (Å²) in [6.45, 7) is 9.49. The lowest BCUT2D eigenvalue weighted by molar-refractivity contribution is -0.123. The minimum Gasteiger partial charge on any atom is -0.311 e. The van der Waals surface area contributed by atoms with E-state index in [1.807, 2.05) is 13.0 Å². The number of carbonyl (C=O) groups is 1. The number of hydrogen-bond donors (Lipinski definition) is 1. The van der Waals surface area contributed by atoms with Crippen LogP contribution in [0, 0.1) is 5.92 Å². The van der Waals surface area contributed by atoms with Gasteiger partial charge in [-0.25, -0.2) is 0 Å². The Labute approximate surface area is 109 Å². The molecule has 1 amide bonds. The first-order valence-corrected chi connectivity index (χ1v) is 6.36. The zero-order chi connectivity index (χ0) is 13.5. The summed E-state index contributed by atoms with van der Waals surface area (Å²) in [4.78, 5) is 16.1. The Kier molecular flexibility index (Phi) is 5.56. The van der Waals surface area contributed by atoms with Crippen LogP contribution in [-0.4, -0.2) is 18.8 Å². The van der Waals surface area contributed by atoms with E-state index < -0.39 is 0 Å². The summed E-state index contributed by atoms with van der Waals surface area (Å²) in [6, 6.07) is 0. The minimum atomic E-state index is 0.0782. The molecule has 1 aliphatic carbocycles. The van der Waals surface area contributed by atoms with Gasteiger partial charge in [0.1, 0.15) is 5.84 Å². The van der Waals surface area contributed by atoms with Gasteiger partial charge in [-0.15, -0.1) is 0 Å². The number of rotatable bonds is 4. The highest BCUT2D eigenvalue weighted by atomic mass is 16.1. The fourth-order valence-corrected chi connectivity index (χ4v) is 2.08. The van der Waals surface area contributed by atoms with Gasteiger partial charge in [-0.05, 0) is 31.4 Å². The van der Waals surface area contributed by atoms with E-state index in [9.17, 15) is 4.79 Å². The van der Waals surface area contributed by atoms with Gasteiger partial charge in [0.25, 0.3) is 0 Å². The molecule has 1 saturated carbocycles. The predicted octanol–water partition coefficient (Wildman–Crippen LogP) is 3.01. The molecule has 18 heavy (non-hydrogen) atoms. The van der Waals surface area contributed by atoms with E-state index in [-0.39, 0.29) is 11.8 Å². The van der Waals surface area contributed by atoms with Crippen molar-refractivity contribution in [3.8, 4) is 0 Å². The van der Waals surface area contributed by atoms with Crippen LogP contribution in [0.25, 0.3) is 0 Å². The van der Waals surface area contributed by atoms with Crippen LogP contribution in [0.2, 0.25) is 0 Å². The van der Waals surface area contributed by atoms with Crippen molar-refractivity contribution in [2.75, 3.05) is 7.05 Å². The van der Waals surface area contributed by atoms with Crippen molar-refractivity contribution in [3.05, 3.63) is 36.5 Å². The third-order valence-electron chi connectivity index (χ3n) is 3.22. The van der Waals surface area contributed by atoms with E-state index in [0.29, 0.717) is 5.84 Å². The van der Waals surface area contributed by atoms with Gasteiger partial charge in [0, 0.05) is 13.0 Å². The molecule has 0 unspecified atom stereocenters. The molecule has 0 radical (unpaired) electrons. The van der Waals surface area contributed by atoms with Crippen LogP contribution in [0.15, 0.2) is 41.4 Å². The van der Waals surface area contributed by atoms with Crippen molar-refractivity contribution in [1.29, 1.82) is 0 Å². The van der Waals surface area contributed by atoms with Crippen molar-refractivity contribution in [2.45, 2.75) is 32.6 Å². The summed E-state index contributed by atoms with van der Waals surface area (Å²) in [5, 5.41) is 2.87. The number of amidine groups is 1. The quantitative estimate of drug-likeness (QED) is 0.462. The molecule has 0 aromatic heterocycles. The van der Waals surface area contributed by atoms with Gasteiger partial charge >= 0.3 is 0 Å². The zero-order valence-corrected chi connectivity index (χ0v) is 11.3. The zero-order valence-electron chi connectivity index (χ0n) is 11.3. The Morgan fingerprint density at radius 1 is 1.39 bits per heavy atom. The maximum atomic E-state index is 12.0. The molecule has 98 valence electrons. The minimum absolute atomic E-state index is 0.0782. The number of nitrogens with one attached hydrogen (secondary N) is 1. The van der Waals surface area contributed by atoms with Gasteiger partial charge in [-0.3, -0.25) is 9.79 Å². The fourth-order valence-electron chi connectivity index (χ4n) is 2.08. The molecule has 3 heteroatoms. The molecule has 0 aromatic rings. The SMILES string of the molecule is C=C/C(=C/C(=NC)NC(=O)C1CCCC1)C(=C)C. The average molecular weight is 246 g/mol. The molecular formula is C15H22N2O. The predicted molar refractivity (Wildman–Crippen MR) is 76.6 cm³/mol. The van der Waals surface area contributed by atoms with Crippen molar-refractivity contribution in [1.82, 2.24) is 5.32 Å². The van der Waals surface area contributed by atoms with Crippen molar-refractivity contribution < 1.29 is 4.79 Å². The number of carbonyl (C=O) groups excluding carboxylic acids is 1. The van der Waals surface area contributed by atoms with Gasteiger partial charge in [-0.1, -0.05) is 37.6 Å². The second-order valence-electron chi connectivity index (χ2n) is 4.66. The van der Waals surface area contributed by atoms with Crippen LogP contribution in [0.1, 0.15) is 32.6 Å². The third kappa shape index (κ3) is 3.99. The van der Waals surface area contributed by atoms with E-state index >= 15 is 0 Å². The Morgan fingerprint density at radius 3 is 2.44 bits per heavy atom. The van der Waals surface area contributed by atoms with E-state index in [2.05, 4.69) is 23.5 Å². The van der Waals surface area contributed by atoms with Crippen molar-refractivity contribution in [3.63, 3.8) is 0 Å². The lowest BCUT2D eigenvalue weighted by atomic mass is 10.1. The first-order chi connectivity index (χ1) is 8.58. The highest BCUT2D eigenvalue weighted by Crippen LogP contribution is 2.24. The summed E-state index contributed by atoms with van der Waals surface area (Å²) in [6.07, 6.45) is 7.80. The molecule has 1 N–H and O–H groups in total. The second-order valence-corrected chi connectivity index (χ2v) is 4.66. The lowest BCUT2D eigenvalue weighted by Gasteiger charge is -2.11. The standard InChI is InChI=1S/C15H22N2O/c1-5-12(11(2)3)10-14(16-4)17-15(18)13-8-6-7-9-13/h5,10,13H,1-2,6-9H2,3-4H3,(H,16,17,18)/b12-10-. The largest absolute Gasteiger partial charge is 0.311 e. The van der Waals surface area contributed by atoms with Gasteiger partial charge < -0.3 is 5.32 Å². The molecule has 1 rings (SSSR count). The van der Waals surface area contributed by atoms with Crippen LogP contribution in [0.5, 0.6) is 0 Å². The van der Waals surface area contributed by atoms with E-state index in [1.54, 1.807) is 13.1 Å².